The number of aliphatic imine (C=N–C) groups is 1. The minimum absolute atomic E-state index is 0. The summed E-state index contributed by atoms with van der Waals surface area (Å²) in [5.41, 5.74) is 2.24. The first-order valence-electron chi connectivity index (χ1n) is 8.78. The molecule has 1 aromatic carbocycles. The van der Waals surface area contributed by atoms with Gasteiger partial charge in [-0.15, -0.1) is 34.2 Å². The molecule has 0 amide bonds. The van der Waals surface area contributed by atoms with Crippen LogP contribution in [0.3, 0.4) is 0 Å². The molecule has 3 rings (SSSR count). The Bertz CT molecular complexity index is 930. The highest BCUT2D eigenvalue weighted by Crippen LogP contribution is 2.12. The Hall–Kier alpha value is -2.27. The van der Waals surface area contributed by atoms with E-state index in [9.17, 15) is 4.39 Å². The van der Waals surface area contributed by atoms with Crippen LogP contribution in [0.2, 0.25) is 0 Å². The number of halogens is 2. The van der Waals surface area contributed by atoms with Crippen LogP contribution >= 0.6 is 24.0 Å². The predicted octanol–water partition coefficient (Wildman–Crippen LogP) is 2.89. The maximum atomic E-state index is 13.7. The van der Waals surface area contributed by atoms with Gasteiger partial charge in [-0.25, -0.2) is 9.38 Å². The maximum absolute atomic E-state index is 13.7. The van der Waals surface area contributed by atoms with Crippen molar-refractivity contribution in [3.63, 3.8) is 0 Å². The SMILES string of the molecule is CCNC(=NCc1ccc(F)c(COC)c1)NCc1nnc2ccccn12.I. The number of rotatable bonds is 7. The Morgan fingerprint density at radius 3 is 2.86 bits per heavy atom. The molecule has 0 saturated heterocycles. The molecule has 0 aliphatic heterocycles. The van der Waals surface area contributed by atoms with Gasteiger partial charge in [0.1, 0.15) is 5.82 Å². The van der Waals surface area contributed by atoms with Gasteiger partial charge in [0, 0.05) is 25.4 Å². The zero-order chi connectivity index (χ0) is 19.1. The van der Waals surface area contributed by atoms with Gasteiger partial charge in [0.25, 0.3) is 0 Å². The largest absolute Gasteiger partial charge is 0.380 e. The molecule has 0 aliphatic rings. The number of hydrogen-bond acceptors (Lipinski definition) is 4. The molecule has 9 heteroatoms. The lowest BCUT2D eigenvalue weighted by molar-refractivity contribution is 0.181. The Morgan fingerprint density at radius 2 is 2.07 bits per heavy atom. The van der Waals surface area contributed by atoms with Gasteiger partial charge in [0.15, 0.2) is 17.4 Å². The van der Waals surface area contributed by atoms with Gasteiger partial charge in [-0.3, -0.25) is 4.40 Å². The number of guanidine groups is 1. The Balaban J connectivity index is 0.00000280. The van der Waals surface area contributed by atoms with Crippen molar-refractivity contribution in [1.82, 2.24) is 25.2 Å². The summed E-state index contributed by atoms with van der Waals surface area (Å²) >= 11 is 0. The van der Waals surface area contributed by atoms with Crippen LogP contribution in [-0.2, 0) is 24.4 Å². The van der Waals surface area contributed by atoms with Gasteiger partial charge in [-0.05, 0) is 36.8 Å². The lowest BCUT2D eigenvalue weighted by Crippen LogP contribution is -2.37. The summed E-state index contributed by atoms with van der Waals surface area (Å²) in [6.45, 7) is 3.87. The Morgan fingerprint density at radius 1 is 1.21 bits per heavy atom. The van der Waals surface area contributed by atoms with Crippen molar-refractivity contribution in [3.05, 3.63) is 65.4 Å². The van der Waals surface area contributed by atoms with Gasteiger partial charge < -0.3 is 15.4 Å². The number of fused-ring (bicyclic) bond motifs is 1. The second-order valence-electron chi connectivity index (χ2n) is 5.95. The second-order valence-corrected chi connectivity index (χ2v) is 5.95. The van der Waals surface area contributed by atoms with Crippen LogP contribution in [0.5, 0.6) is 0 Å². The van der Waals surface area contributed by atoms with Crippen LogP contribution < -0.4 is 10.6 Å². The number of nitrogens with one attached hydrogen (secondary N) is 2. The molecule has 0 aliphatic carbocycles. The topological polar surface area (TPSA) is 75.8 Å². The first-order chi connectivity index (χ1) is 13.2. The van der Waals surface area contributed by atoms with E-state index in [4.69, 9.17) is 4.74 Å². The van der Waals surface area contributed by atoms with E-state index >= 15 is 0 Å². The summed E-state index contributed by atoms with van der Waals surface area (Å²) < 4.78 is 20.7. The molecule has 0 spiro atoms. The number of benzene rings is 1. The van der Waals surface area contributed by atoms with Gasteiger partial charge in [0.05, 0.1) is 19.7 Å². The summed E-state index contributed by atoms with van der Waals surface area (Å²) in [4.78, 5) is 4.57. The summed E-state index contributed by atoms with van der Waals surface area (Å²) in [5.74, 6) is 1.18. The van der Waals surface area contributed by atoms with Crippen molar-refractivity contribution in [1.29, 1.82) is 0 Å². The van der Waals surface area contributed by atoms with E-state index in [0.29, 0.717) is 24.6 Å². The Labute approximate surface area is 180 Å². The van der Waals surface area contributed by atoms with Crippen LogP contribution in [-0.4, -0.2) is 34.2 Å². The highest BCUT2D eigenvalue weighted by molar-refractivity contribution is 14.0. The summed E-state index contributed by atoms with van der Waals surface area (Å²) in [5, 5.41) is 14.8. The molecule has 2 aromatic heterocycles. The molecule has 7 nitrogen and oxygen atoms in total. The van der Waals surface area contributed by atoms with Crippen molar-refractivity contribution < 1.29 is 9.13 Å². The number of ether oxygens (including phenoxy) is 1. The molecule has 3 aromatic rings. The number of aromatic nitrogens is 3. The summed E-state index contributed by atoms with van der Waals surface area (Å²) in [7, 11) is 1.55. The van der Waals surface area contributed by atoms with Crippen LogP contribution in [0.1, 0.15) is 23.9 Å². The third-order valence-electron chi connectivity index (χ3n) is 3.97. The molecule has 0 saturated carbocycles. The monoisotopic (exact) mass is 498 g/mol. The quantitative estimate of drug-likeness (QED) is 0.298. The molecule has 2 heterocycles. The van der Waals surface area contributed by atoms with Crippen LogP contribution in [0.25, 0.3) is 5.65 Å². The number of methoxy groups -OCH3 is 1. The first-order valence-corrected chi connectivity index (χ1v) is 8.78. The normalized spacial score (nSPS) is 11.3. The maximum Gasteiger partial charge on any atom is 0.191 e. The summed E-state index contributed by atoms with van der Waals surface area (Å²) in [6.07, 6.45) is 1.92. The average molecular weight is 498 g/mol. The van der Waals surface area contributed by atoms with Crippen LogP contribution in [0.15, 0.2) is 47.6 Å². The Kier molecular flexibility index (Phi) is 8.58. The fraction of sp³-hybridized carbons (Fsp3) is 0.316. The number of pyridine rings is 1. The minimum atomic E-state index is -0.270. The van der Waals surface area contributed by atoms with Gasteiger partial charge in [0.2, 0.25) is 0 Å². The zero-order valence-corrected chi connectivity index (χ0v) is 18.2. The van der Waals surface area contributed by atoms with Crippen molar-refractivity contribution >= 4 is 35.6 Å². The van der Waals surface area contributed by atoms with Gasteiger partial charge >= 0.3 is 0 Å². The van der Waals surface area contributed by atoms with Gasteiger partial charge in [-0.2, -0.15) is 0 Å². The third kappa shape index (κ3) is 5.61. The molecular formula is C19H24FIN6O. The van der Waals surface area contributed by atoms with E-state index in [1.165, 1.54) is 6.07 Å². The van der Waals surface area contributed by atoms with E-state index in [1.807, 2.05) is 35.7 Å². The molecule has 0 bridgehead atoms. The average Bonchev–Trinajstić information content (AvgIpc) is 3.10. The second kappa shape index (κ2) is 10.9. The molecular weight excluding hydrogens is 474 g/mol. The number of nitrogens with zero attached hydrogens (tertiary/aromatic N) is 4. The molecule has 150 valence electrons. The van der Waals surface area contributed by atoms with Crippen molar-refractivity contribution in [2.45, 2.75) is 26.6 Å². The van der Waals surface area contributed by atoms with E-state index in [1.54, 1.807) is 19.2 Å². The molecule has 0 fully saturated rings. The molecule has 28 heavy (non-hydrogen) atoms. The van der Waals surface area contributed by atoms with E-state index in [-0.39, 0.29) is 36.4 Å². The van der Waals surface area contributed by atoms with Crippen molar-refractivity contribution in [2.75, 3.05) is 13.7 Å². The molecule has 2 N–H and O–H groups in total. The third-order valence-corrected chi connectivity index (χ3v) is 3.97. The first kappa shape index (κ1) is 22.0. The lowest BCUT2D eigenvalue weighted by Gasteiger charge is -2.11. The van der Waals surface area contributed by atoms with E-state index in [0.717, 1.165) is 23.6 Å². The molecule has 0 unspecified atom stereocenters. The van der Waals surface area contributed by atoms with Crippen molar-refractivity contribution in [2.24, 2.45) is 4.99 Å². The fourth-order valence-corrected chi connectivity index (χ4v) is 2.68. The van der Waals surface area contributed by atoms with Crippen LogP contribution in [0.4, 0.5) is 4.39 Å². The summed E-state index contributed by atoms with van der Waals surface area (Å²) in [6, 6.07) is 10.7. The fourth-order valence-electron chi connectivity index (χ4n) is 2.68. The number of hydrogen-bond donors (Lipinski definition) is 2. The minimum Gasteiger partial charge on any atom is -0.380 e. The highest BCUT2D eigenvalue weighted by atomic mass is 127. The smallest absolute Gasteiger partial charge is 0.191 e. The molecule has 0 radical (unpaired) electrons. The van der Waals surface area contributed by atoms with E-state index in [2.05, 4.69) is 25.8 Å². The highest BCUT2D eigenvalue weighted by Gasteiger charge is 2.07. The predicted molar refractivity (Wildman–Crippen MR) is 117 cm³/mol. The van der Waals surface area contributed by atoms with Gasteiger partial charge in [-0.1, -0.05) is 12.1 Å². The van der Waals surface area contributed by atoms with Crippen molar-refractivity contribution in [3.8, 4) is 0 Å². The standard InChI is InChI=1S/C19H23FN6O.HI/c1-3-21-19(22-11-14-7-8-16(20)15(10-14)13-27-2)23-12-18-25-24-17-6-4-5-9-26(17)18;/h4-10H,3,11-13H2,1-2H3,(H2,21,22,23);1H. The molecule has 0 atom stereocenters. The lowest BCUT2D eigenvalue weighted by atomic mass is 10.1. The zero-order valence-electron chi connectivity index (χ0n) is 15.9. The van der Waals surface area contributed by atoms with E-state index < -0.39 is 0 Å². The van der Waals surface area contributed by atoms with Crippen LogP contribution in [0, 0.1) is 5.82 Å².